The number of hydrogen-bond donors (Lipinski definition) is 1. The summed E-state index contributed by atoms with van der Waals surface area (Å²) in [5.41, 5.74) is -1.46. The summed E-state index contributed by atoms with van der Waals surface area (Å²) in [6.45, 7) is 0.290. The van der Waals surface area contributed by atoms with E-state index in [0.29, 0.717) is 12.5 Å². The molecule has 1 aromatic rings. The smallest absolute Gasteiger partial charge is 0.310 e. The van der Waals surface area contributed by atoms with Crippen molar-refractivity contribution >= 4 is 22.4 Å². The molecule has 2 saturated heterocycles. The van der Waals surface area contributed by atoms with Crippen LogP contribution in [-0.4, -0.2) is 37.9 Å². The van der Waals surface area contributed by atoms with E-state index in [1.165, 1.54) is 0 Å². The van der Waals surface area contributed by atoms with Gasteiger partial charge in [-0.3, -0.25) is 0 Å². The second-order valence-electron chi connectivity index (χ2n) is 5.93. The molecule has 0 aliphatic carbocycles. The number of halogens is 5. The van der Waals surface area contributed by atoms with Gasteiger partial charge in [-0.2, -0.15) is 17.5 Å². The molecule has 2 unspecified atom stereocenters. The molecule has 10 heteroatoms. The average molecular weight is 389 g/mol. The van der Waals surface area contributed by atoms with Crippen molar-refractivity contribution in [3.63, 3.8) is 0 Å². The average Bonchev–Trinajstić information content (AvgIpc) is 2.76. The summed E-state index contributed by atoms with van der Waals surface area (Å²) < 4.78 is 78.9. The van der Waals surface area contributed by atoms with Gasteiger partial charge in [0.2, 0.25) is 10.0 Å². The van der Waals surface area contributed by atoms with Gasteiger partial charge >= 0.3 is 6.18 Å². The molecule has 2 aliphatic rings. The van der Waals surface area contributed by atoms with Crippen LogP contribution in [0.15, 0.2) is 23.1 Å². The van der Waals surface area contributed by atoms with Crippen LogP contribution in [0.25, 0.3) is 0 Å². The predicted molar refractivity (Wildman–Crippen MR) is 82.0 cm³/mol. The molecule has 0 spiro atoms. The van der Waals surface area contributed by atoms with E-state index >= 15 is 0 Å². The summed E-state index contributed by atoms with van der Waals surface area (Å²) in [5.74, 6) is -1.12. The van der Waals surface area contributed by atoms with E-state index in [1.807, 2.05) is 0 Å². The Kier molecular flexibility index (Phi) is 5.49. The highest BCUT2D eigenvalue weighted by Gasteiger charge is 2.41. The SMILES string of the molecule is Cl.O=S(=O)(c1ccc(F)cc1C(F)(F)F)N1CCC2CCC(C1)N2. The molecule has 0 aromatic heterocycles. The van der Waals surface area contributed by atoms with Gasteiger partial charge in [0.25, 0.3) is 0 Å². The van der Waals surface area contributed by atoms with Crippen molar-refractivity contribution in [2.75, 3.05) is 13.1 Å². The van der Waals surface area contributed by atoms with Crippen LogP contribution in [0.5, 0.6) is 0 Å². The highest BCUT2D eigenvalue weighted by atomic mass is 35.5. The number of alkyl halides is 3. The molecule has 4 nitrogen and oxygen atoms in total. The second-order valence-corrected chi connectivity index (χ2v) is 7.83. The zero-order valence-corrected chi connectivity index (χ0v) is 14.1. The predicted octanol–water partition coefficient (Wildman–Crippen LogP) is 2.78. The largest absolute Gasteiger partial charge is 0.417 e. The van der Waals surface area contributed by atoms with Crippen LogP contribution < -0.4 is 5.32 Å². The van der Waals surface area contributed by atoms with E-state index in [9.17, 15) is 26.0 Å². The fourth-order valence-corrected chi connectivity index (χ4v) is 4.91. The van der Waals surface area contributed by atoms with Crippen LogP contribution in [0.2, 0.25) is 0 Å². The summed E-state index contributed by atoms with van der Waals surface area (Å²) in [4.78, 5) is -0.885. The van der Waals surface area contributed by atoms with Gasteiger partial charge in [-0.15, -0.1) is 12.4 Å². The van der Waals surface area contributed by atoms with Crippen LogP contribution in [0.3, 0.4) is 0 Å². The Morgan fingerprint density at radius 1 is 1.12 bits per heavy atom. The highest BCUT2D eigenvalue weighted by Crippen LogP contribution is 2.36. The van der Waals surface area contributed by atoms with Crippen LogP contribution in [-0.2, 0) is 16.2 Å². The molecule has 0 saturated carbocycles. The first kappa shape index (κ1) is 19.4. The van der Waals surface area contributed by atoms with Crippen molar-refractivity contribution in [3.8, 4) is 0 Å². The van der Waals surface area contributed by atoms with E-state index in [2.05, 4.69) is 5.32 Å². The normalized spacial score (nSPS) is 25.2. The lowest BCUT2D eigenvalue weighted by molar-refractivity contribution is -0.140. The van der Waals surface area contributed by atoms with Crippen molar-refractivity contribution < 1.29 is 26.0 Å². The summed E-state index contributed by atoms with van der Waals surface area (Å²) >= 11 is 0. The summed E-state index contributed by atoms with van der Waals surface area (Å²) in [7, 11) is -4.33. The first-order chi connectivity index (χ1) is 10.7. The van der Waals surface area contributed by atoms with Crippen LogP contribution in [0, 0.1) is 5.82 Å². The van der Waals surface area contributed by atoms with Crippen molar-refractivity contribution in [2.24, 2.45) is 0 Å². The first-order valence-corrected chi connectivity index (χ1v) is 8.75. The van der Waals surface area contributed by atoms with Crippen molar-refractivity contribution in [3.05, 3.63) is 29.6 Å². The fraction of sp³-hybridized carbons (Fsp3) is 0.571. The third kappa shape index (κ3) is 3.68. The molecule has 1 N–H and O–H groups in total. The molecule has 2 aliphatic heterocycles. The van der Waals surface area contributed by atoms with Gasteiger partial charge in [-0.05, 0) is 37.5 Å². The number of nitrogens with one attached hydrogen (secondary N) is 1. The minimum Gasteiger partial charge on any atom is -0.310 e. The van der Waals surface area contributed by atoms with Crippen molar-refractivity contribution in [1.29, 1.82) is 0 Å². The van der Waals surface area contributed by atoms with Gasteiger partial charge in [0.05, 0.1) is 10.5 Å². The summed E-state index contributed by atoms with van der Waals surface area (Å²) in [6.07, 6.45) is -2.64. The number of rotatable bonds is 2. The van der Waals surface area contributed by atoms with Gasteiger partial charge in [0.15, 0.2) is 0 Å². The van der Waals surface area contributed by atoms with Gasteiger partial charge in [-0.1, -0.05) is 0 Å². The Morgan fingerprint density at radius 2 is 1.79 bits per heavy atom. The number of nitrogens with zero attached hydrogens (tertiary/aromatic N) is 1. The topological polar surface area (TPSA) is 49.4 Å². The number of benzene rings is 1. The standard InChI is InChI=1S/C14H16F4N2O2S.ClH/c15-9-1-4-13(12(7-9)14(16,17)18)23(21,22)20-6-5-10-2-3-11(8-20)19-10;/h1,4,7,10-11,19H,2-3,5-6,8H2;1H. The van der Waals surface area contributed by atoms with Crippen molar-refractivity contribution in [1.82, 2.24) is 9.62 Å². The lowest BCUT2D eigenvalue weighted by atomic mass is 10.1. The quantitative estimate of drug-likeness (QED) is 0.793. The van der Waals surface area contributed by atoms with Gasteiger partial charge in [0.1, 0.15) is 5.82 Å². The Morgan fingerprint density at radius 3 is 2.46 bits per heavy atom. The Balaban J connectivity index is 0.00000208. The minimum atomic E-state index is -4.94. The molecule has 0 radical (unpaired) electrons. The monoisotopic (exact) mass is 388 g/mol. The first-order valence-electron chi connectivity index (χ1n) is 7.31. The molecule has 2 bridgehead atoms. The molecule has 2 atom stereocenters. The molecule has 1 aromatic carbocycles. The molecular formula is C14H17ClF4N2O2S. The molecule has 2 fully saturated rings. The number of fused-ring (bicyclic) bond motifs is 2. The molecule has 0 amide bonds. The van der Waals surface area contributed by atoms with Crippen LogP contribution in [0.1, 0.15) is 24.8 Å². The lowest BCUT2D eigenvalue weighted by Gasteiger charge is -2.25. The number of sulfonamides is 1. The maximum absolute atomic E-state index is 13.2. The van der Waals surface area contributed by atoms with Gasteiger partial charge < -0.3 is 5.32 Å². The Bertz CT molecular complexity index is 711. The third-order valence-corrected chi connectivity index (χ3v) is 6.27. The third-order valence-electron chi connectivity index (χ3n) is 4.35. The van der Waals surface area contributed by atoms with E-state index < -0.39 is 32.5 Å². The van der Waals surface area contributed by atoms with Crippen LogP contribution in [0.4, 0.5) is 17.6 Å². The maximum Gasteiger partial charge on any atom is 0.417 e. The lowest BCUT2D eigenvalue weighted by Crippen LogP contribution is -2.39. The molecule has 136 valence electrons. The fourth-order valence-electron chi connectivity index (χ4n) is 3.22. The zero-order valence-electron chi connectivity index (χ0n) is 12.5. The van der Waals surface area contributed by atoms with Crippen molar-refractivity contribution in [2.45, 2.75) is 42.4 Å². The molecule has 24 heavy (non-hydrogen) atoms. The van der Waals surface area contributed by atoms with E-state index in [-0.39, 0.29) is 43.6 Å². The van der Waals surface area contributed by atoms with E-state index in [4.69, 9.17) is 0 Å². The van der Waals surface area contributed by atoms with E-state index in [1.54, 1.807) is 0 Å². The summed E-state index contributed by atoms with van der Waals surface area (Å²) in [6, 6.07) is 1.83. The van der Waals surface area contributed by atoms with Gasteiger partial charge in [0, 0.05) is 25.2 Å². The Hall–Kier alpha value is -0.900. The molecule has 2 heterocycles. The zero-order chi connectivity index (χ0) is 16.8. The van der Waals surface area contributed by atoms with Gasteiger partial charge in [-0.25, -0.2) is 12.8 Å². The summed E-state index contributed by atoms with van der Waals surface area (Å²) in [5, 5.41) is 3.27. The highest BCUT2D eigenvalue weighted by molar-refractivity contribution is 7.89. The van der Waals surface area contributed by atoms with Crippen LogP contribution >= 0.6 is 12.4 Å². The maximum atomic E-state index is 13.2. The minimum absolute atomic E-state index is 0. The molecular weight excluding hydrogens is 372 g/mol. The molecule has 3 rings (SSSR count). The second kappa shape index (κ2) is 6.78. The number of hydrogen-bond acceptors (Lipinski definition) is 3. The van der Waals surface area contributed by atoms with E-state index in [0.717, 1.165) is 23.2 Å². The Labute approximate surface area is 143 Å².